The molecule has 0 heterocycles. The quantitative estimate of drug-likeness (QED) is 0.694. The van der Waals surface area contributed by atoms with Crippen LogP contribution in [0.1, 0.15) is 12.5 Å². The highest BCUT2D eigenvalue weighted by Crippen LogP contribution is 2.20. The molecule has 2 rings (SSSR count). The molecule has 1 unspecified atom stereocenters. The van der Waals surface area contributed by atoms with Gasteiger partial charge in [-0.25, -0.2) is 0 Å². The summed E-state index contributed by atoms with van der Waals surface area (Å²) in [5.74, 6) is 0.0530. The fraction of sp³-hybridized carbons (Fsp3) is 0.263. The first-order valence-electron chi connectivity index (χ1n) is 7.94. The number of hydrogen-bond acceptors (Lipinski definition) is 3. The maximum Gasteiger partial charge on any atom is 0.242 e. The zero-order valence-electron chi connectivity index (χ0n) is 14.2. The highest BCUT2D eigenvalue weighted by atomic mass is 79.9. The minimum Gasteiger partial charge on any atom is -0.357 e. The fourth-order valence-corrected chi connectivity index (χ4v) is 3.62. The van der Waals surface area contributed by atoms with Gasteiger partial charge in [0.05, 0.1) is 5.75 Å². The van der Waals surface area contributed by atoms with Crippen LogP contribution in [0.2, 0.25) is 0 Å². The molecule has 0 aromatic heterocycles. The highest BCUT2D eigenvalue weighted by molar-refractivity contribution is 9.10. The zero-order chi connectivity index (χ0) is 18.2. The molecule has 0 saturated carbocycles. The maximum absolute atomic E-state index is 12.8. The van der Waals surface area contributed by atoms with Crippen LogP contribution in [-0.4, -0.2) is 35.6 Å². The Bertz CT molecular complexity index is 724. The Morgan fingerprint density at radius 1 is 1.16 bits per heavy atom. The fourth-order valence-electron chi connectivity index (χ4n) is 2.37. The third-order valence-electron chi connectivity index (χ3n) is 3.76. The lowest BCUT2D eigenvalue weighted by atomic mass is 10.1. The first kappa shape index (κ1) is 19.5. The van der Waals surface area contributed by atoms with Gasteiger partial charge in [-0.05, 0) is 36.8 Å². The zero-order valence-corrected chi connectivity index (χ0v) is 16.6. The summed E-state index contributed by atoms with van der Waals surface area (Å²) in [5, 5.41) is 2.62. The van der Waals surface area contributed by atoms with Gasteiger partial charge in [0.2, 0.25) is 11.8 Å². The van der Waals surface area contributed by atoms with Gasteiger partial charge in [0.15, 0.2) is 0 Å². The second kappa shape index (κ2) is 9.63. The number of halogens is 1. The molecule has 0 fully saturated rings. The second-order valence-corrected chi connectivity index (χ2v) is 7.51. The average Bonchev–Trinajstić information content (AvgIpc) is 2.64. The molecule has 1 N–H and O–H groups in total. The Balaban J connectivity index is 2.12. The van der Waals surface area contributed by atoms with Gasteiger partial charge in [-0.1, -0.05) is 46.3 Å². The van der Waals surface area contributed by atoms with Crippen LogP contribution >= 0.6 is 27.7 Å². The topological polar surface area (TPSA) is 49.4 Å². The molecule has 0 aliphatic heterocycles. The molecule has 25 heavy (non-hydrogen) atoms. The molecule has 0 bridgehead atoms. The van der Waals surface area contributed by atoms with Crippen molar-refractivity contribution in [2.75, 3.05) is 12.8 Å². The van der Waals surface area contributed by atoms with Crippen LogP contribution in [0.4, 0.5) is 0 Å². The van der Waals surface area contributed by atoms with Crippen molar-refractivity contribution in [3.8, 4) is 0 Å². The van der Waals surface area contributed by atoms with E-state index < -0.39 is 6.04 Å². The number of likely N-dealkylation sites (N-methyl/N-ethyl adjacent to an activating group) is 1. The first-order chi connectivity index (χ1) is 12.0. The number of hydrogen-bond donors (Lipinski definition) is 1. The van der Waals surface area contributed by atoms with Crippen molar-refractivity contribution in [3.63, 3.8) is 0 Å². The van der Waals surface area contributed by atoms with E-state index in [-0.39, 0.29) is 11.8 Å². The number of carbonyl (C=O) groups is 2. The monoisotopic (exact) mass is 420 g/mol. The summed E-state index contributed by atoms with van der Waals surface area (Å²) in [5.41, 5.74) is 0.975. The van der Waals surface area contributed by atoms with Crippen LogP contribution < -0.4 is 5.32 Å². The van der Waals surface area contributed by atoms with Gasteiger partial charge in [-0.3, -0.25) is 9.59 Å². The minimum absolute atomic E-state index is 0.0649. The third kappa shape index (κ3) is 5.90. The van der Waals surface area contributed by atoms with Crippen molar-refractivity contribution in [1.82, 2.24) is 10.2 Å². The SMILES string of the molecule is CNC(=O)C(C)N(Cc1cccc(Br)c1)C(=O)CSc1ccccc1. The molecule has 0 aliphatic rings. The van der Waals surface area contributed by atoms with E-state index in [0.29, 0.717) is 12.3 Å². The molecule has 0 aliphatic carbocycles. The van der Waals surface area contributed by atoms with E-state index in [1.165, 1.54) is 11.8 Å². The molecule has 0 radical (unpaired) electrons. The summed E-state index contributed by atoms with van der Waals surface area (Å²) in [6.45, 7) is 2.14. The lowest BCUT2D eigenvalue weighted by Crippen LogP contribution is -2.47. The van der Waals surface area contributed by atoms with Gasteiger partial charge < -0.3 is 10.2 Å². The van der Waals surface area contributed by atoms with Crippen LogP contribution in [-0.2, 0) is 16.1 Å². The normalized spacial score (nSPS) is 11.6. The summed E-state index contributed by atoms with van der Waals surface area (Å²) in [4.78, 5) is 27.5. The van der Waals surface area contributed by atoms with Crippen molar-refractivity contribution in [2.45, 2.75) is 24.4 Å². The summed E-state index contributed by atoms with van der Waals surface area (Å²) < 4.78 is 0.948. The lowest BCUT2D eigenvalue weighted by molar-refractivity contribution is -0.138. The minimum atomic E-state index is -0.534. The molecular formula is C19H21BrN2O2S. The molecular weight excluding hydrogens is 400 g/mol. The Kier molecular flexibility index (Phi) is 7.52. The number of benzene rings is 2. The third-order valence-corrected chi connectivity index (χ3v) is 5.25. The van der Waals surface area contributed by atoms with Crippen LogP contribution in [0.25, 0.3) is 0 Å². The Labute approximate surface area is 161 Å². The summed E-state index contributed by atoms with van der Waals surface area (Å²) in [6.07, 6.45) is 0. The van der Waals surface area contributed by atoms with Gasteiger partial charge in [0.1, 0.15) is 6.04 Å². The summed E-state index contributed by atoms with van der Waals surface area (Å²) in [6, 6.07) is 17.0. The van der Waals surface area contributed by atoms with E-state index >= 15 is 0 Å². The van der Waals surface area contributed by atoms with E-state index in [2.05, 4.69) is 21.2 Å². The van der Waals surface area contributed by atoms with E-state index in [9.17, 15) is 9.59 Å². The largest absolute Gasteiger partial charge is 0.357 e. The lowest BCUT2D eigenvalue weighted by Gasteiger charge is -2.28. The number of carbonyl (C=O) groups excluding carboxylic acids is 2. The molecule has 0 spiro atoms. The van der Waals surface area contributed by atoms with Crippen molar-refractivity contribution >= 4 is 39.5 Å². The highest BCUT2D eigenvalue weighted by Gasteiger charge is 2.25. The first-order valence-corrected chi connectivity index (χ1v) is 9.72. The number of thioether (sulfide) groups is 1. The van der Waals surface area contributed by atoms with E-state index in [1.807, 2.05) is 54.6 Å². The smallest absolute Gasteiger partial charge is 0.242 e. The molecule has 2 aromatic carbocycles. The molecule has 1 atom stereocenters. The number of nitrogens with one attached hydrogen (secondary N) is 1. The van der Waals surface area contributed by atoms with Gasteiger partial charge in [-0.2, -0.15) is 0 Å². The predicted molar refractivity (Wildman–Crippen MR) is 105 cm³/mol. The molecule has 0 saturated heterocycles. The molecule has 132 valence electrons. The van der Waals surface area contributed by atoms with E-state index in [4.69, 9.17) is 0 Å². The molecule has 4 nitrogen and oxygen atoms in total. The van der Waals surface area contributed by atoms with Gasteiger partial charge >= 0.3 is 0 Å². The van der Waals surface area contributed by atoms with E-state index in [1.54, 1.807) is 18.9 Å². The number of amides is 2. The maximum atomic E-state index is 12.8. The van der Waals surface area contributed by atoms with E-state index in [0.717, 1.165) is 14.9 Å². The van der Waals surface area contributed by atoms with Gasteiger partial charge in [-0.15, -0.1) is 11.8 Å². The second-order valence-electron chi connectivity index (χ2n) is 5.54. The standard InChI is InChI=1S/C19H21BrN2O2S/c1-14(19(24)21-2)22(12-15-7-6-8-16(20)11-15)18(23)13-25-17-9-4-3-5-10-17/h3-11,14H,12-13H2,1-2H3,(H,21,24). The van der Waals surface area contributed by atoms with Crippen LogP contribution in [0.15, 0.2) is 64.0 Å². The van der Waals surface area contributed by atoms with Crippen molar-refractivity contribution < 1.29 is 9.59 Å². The number of rotatable bonds is 7. The summed E-state index contributed by atoms with van der Waals surface area (Å²) >= 11 is 4.92. The van der Waals surface area contributed by atoms with Crippen LogP contribution in [0.3, 0.4) is 0 Å². The van der Waals surface area contributed by atoms with Crippen molar-refractivity contribution in [1.29, 1.82) is 0 Å². The van der Waals surface area contributed by atoms with Gasteiger partial charge in [0, 0.05) is 23.0 Å². The Morgan fingerprint density at radius 3 is 2.52 bits per heavy atom. The summed E-state index contributed by atoms with van der Waals surface area (Å²) in [7, 11) is 1.58. The molecule has 2 aromatic rings. The molecule has 2 amide bonds. The predicted octanol–water partition coefficient (Wildman–Crippen LogP) is 3.70. The molecule has 6 heteroatoms. The Morgan fingerprint density at radius 2 is 1.88 bits per heavy atom. The van der Waals surface area contributed by atoms with Crippen molar-refractivity contribution in [2.24, 2.45) is 0 Å². The average molecular weight is 421 g/mol. The number of nitrogens with zero attached hydrogens (tertiary/aromatic N) is 1. The van der Waals surface area contributed by atoms with Crippen LogP contribution in [0.5, 0.6) is 0 Å². The van der Waals surface area contributed by atoms with Crippen molar-refractivity contribution in [3.05, 3.63) is 64.6 Å². The van der Waals surface area contributed by atoms with Gasteiger partial charge in [0.25, 0.3) is 0 Å². The Hall–Kier alpha value is -1.79. The van der Waals surface area contributed by atoms with Crippen LogP contribution in [0, 0.1) is 0 Å².